The summed E-state index contributed by atoms with van der Waals surface area (Å²) in [5, 5.41) is 23.7. The lowest BCUT2D eigenvalue weighted by Crippen LogP contribution is -2.25. The standard InChI is InChI=1S/C14H15N5O3/c1-8-2-3-9(19(21)22)6-12(8)16-14(20)13-10-7-15-5-4-11(10)17-18-13/h2-3,6,15H,4-5,7H2,1H3,(H,16,20)(H,17,18). The Morgan fingerprint density at radius 1 is 1.45 bits per heavy atom. The quantitative estimate of drug-likeness (QED) is 0.587. The number of nitrogens with one attached hydrogen (secondary N) is 3. The first-order valence-corrected chi connectivity index (χ1v) is 6.89. The van der Waals surface area contributed by atoms with E-state index in [0.29, 0.717) is 17.9 Å². The highest BCUT2D eigenvalue weighted by molar-refractivity contribution is 6.04. The fourth-order valence-corrected chi connectivity index (χ4v) is 2.45. The highest BCUT2D eigenvalue weighted by atomic mass is 16.6. The molecule has 0 bridgehead atoms. The van der Waals surface area contributed by atoms with Gasteiger partial charge in [-0.1, -0.05) is 6.07 Å². The second kappa shape index (κ2) is 5.57. The van der Waals surface area contributed by atoms with Crippen LogP contribution >= 0.6 is 0 Å². The second-order valence-electron chi connectivity index (χ2n) is 5.17. The van der Waals surface area contributed by atoms with Crippen LogP contribution in [0.1, 0.15) is 27.3 Å². The van der Waals surface area contributed by atoms with Crippen molar-refractivity contribution in [3.8, 4) is 0 Å². The predicted octanol–water partition coefficient (Wildman–Crippen LogP) is 1.52. The minimum Gasteiger partial charge on any atom is -0.320 e. The molecule has 8 heteroatoms. The second-order valence-corrected chi connectivity index (χ2v) is 5.17. The minimum absolute atomic E-state index is 0.0633. The van der Waals surface area contributed by atoms with Crippen molar-refractivity contribution < 1.29 is 9.72 Å². The van der Waals surface area contributed by atoms with E-state index in [0.717, 1.165) is 29.8 Å². The molecule has 8 nitrogen and oxygen atoms in total. The van der Waals surface area contributed by atoms with Gasteiger partial charge in [0.15, 0.2) is 5.69 Å². The molecule has 0 spiro atoms. The van der Waals surface area contributed by atoms with Crippen LogP contribution in [0.3, 0.4) is 0 Å². The Morgan fingerprint density at radius 2 is 2.27 bits per heavy atom. The van der Waals surface area contributed by atoms with Crippen molar-refractivity contribution in [2.24, 2.45) is 0 Å². The van der Waals surface area contributed by atoms with Crippen molar-refractivity contribution in [1.82, 2.24) is 15.5 Å². The maximum atomic E-state index is 12.4. The van der Waals surface area contributed by atoms with Crippen molar-refractivity contribution in [2.45, 2.75) is 19.9 Å². The van der Waals surface area contributed by atoms with E-state index in [2.05, 4.69) is 20.8 Å². The summed E-state index contributed by atoms with van der Waals surface area (Å²) in [5.74, 6) is -0.371. The molecule has 0 saturated carbocycles. The molecule has 22 heavy (non-hydrogen) atoms. The number of hydrogen-bond acceptors (Lipinski definition) is 5. The third-order valence-corrected chi connectivity index (χ3v) is 3.70. The molecule has 0 radical (unpaired) electrons. The van der Waals surface area contributed by atoms with E-state index in [1.807, 2.05) is 0 Å². The first kappa shape index (κ1) is 14.2. The van der Waals surface area contributed by atoms with E-state index in [1.54, 1.807) is 13.0 Å². The molecular weight excluding hydrogens is 286 g/mol. The smallest absolute Gasteiger partial charge is 0.276 e. The molecule has 0 atom stereocenters. The van der Waals surface area contributed by atoms with Gasteiger partial charge in [-0.05, 0) is 12.5 Å². The number of hydrogen-bond donors (Lipinski definition) is 3. The average molecular weight is 301 g/mol. The summed E-state index contributed by atoms with van der Waals surface area (Å²) >= 11 is 0. The third-order valence-electron chi connectivity index (χ3n) is 3.70. The largest absolute Gasteiger partial charge is 0.320 e. The maximum Gasteiger partial charge on any atom is 0.276 e. The summed E-state index contributed by atoms with van der Waals surface area (Å²) in [6.45, 7) is 3.21. The fourth-order valence-electron chi connectivity index (χ4n) is 2.45. The molecule has 2 aromatic rings. The molecule has 3 rings (SSSR count). The molecule has 114 valence electrons. The first-order chi connectivity index (χ1) is 10.6. The van der Waals surface area contributed by atoms with Gasteiger partial charge in [0.1, 0.15) is 0 Å². The molecule has 3 N–H and O–H groups in total. The Labute approximate surface area is 126 Å². The van der Waals surface area contributed by atoms with Gasteiger partial charge in [-0.15, -0.1) is 0 Å². The van der Waals surface area contributed by atoms with Gasteiger partial charge < -0.3 is 10.6 Å². The number of nitrogens with zero attached hydrogens (tertiary/aromatic N) is 2. The molecule has 1 aliphatic rings. The number of non-ortho nitro benzene ring substituents is 1. The van der Waals surface area contributed by atoms with Crippen molar-refractivity contribution >= 4 is 17.3 Å². The molecule has 1 aromatic heterocycles. The molecule has 0 aliphatic carbocycles. The van der Waals surface area contributed by atoms with Gasteiger partial charge in [0.05, 0.1) is 10.6 Å². The Bertz CT molecular complexity index is 753. The Morgan fingerprint density at radius 3 is 3.05 bits per heavy atom. The summed E-state index contributed by atoms with van der Waals surface area (Å²) in [6, 6.07) is 4.37. The van der Waals surface area contributed by atoms with Crippen LogP contribution in [0.2, 0.25) is 0 Å². The maximum absolute atomic E-state index is 12.4. The number of benzene rings is 1. The number of carbonyl (C=O) groups excluding carboxylic acids is 1. The highest BCUT2D eigenvalue weighted by Crippen LogP contribution is 2.23. The van der Waals surface area contributed by atoms with Gasteiger partial charge in [0.2, 0.25) is 0 Å². The van der Waals surface area contributed by atoms with E-state index in [9.17, 15) is 14.9 Å². The van der Waals surface area contributed by atoms with Crippen molar-refractivity contribution in [3.63, 3.8) is 0 Å². The Balaban J connectivity index is 1.87. The fraction of sp³-hybridized carbons (Fsp3) is 0.286. The van der Waals surface area contributed by atoms with E-state index in [1.165, 1.54) is 12.1 Å². The lowest BCUT2D eigenvalue weighted by atomic mass is 10.1. The zero-order chi connectivity index (χ0) is 15.7. The number of aromatic nitrogens is 2. The van der Waals surface area contributed by atoms with Crippen LogP contribution < -0.4 is 10.6 Å². The molecule has 1 aliphatic heterocycles. The number of amides is 1. The molecule has 0 unspecified atom stereocenters. The molecule has 1 amide bonds. The zero-order valence-electron chi connectivity index (χ0n) is 12.0. The third kappa shape index (κ3) is 2.56. The number of aromatic amines is 1. The van der Waals surface area contributed by atoms with Gasteiger partial charge in [-0.3, -0.25) is 20.0 Å². The van der Waals surface area contributed by atoms with Crippen LogP contribution in [-0.4, -0.2) is 27.6 Å². The lowest BCUT2D eigenvalue weighted by Gasteiger charge is -2.13. The van der Waals surface area contributed by atoms with Crippen molar-refractivity contribution in [2.75, 3.05) is 11.9 Å². The summed E-state index contributed by atoms with van der Waals surface area (Å²) in [6.07, 6.45) is 0.797. The SMILES string of the molecule is Cc1ccc([N+](=O)[O-])cc1NC(=O)c1n[nH]c2c1CNCC2. The van der Waals surface area contributed by atoms with Crippen LogP contribution in [0.15, 0.2) is 18.2 Å². The van der Waals surface area contributed by atoms with Crippen LogP contribution in [0.5, 0.6) is 0 Å². The predicted molar refractivity (Wildman–Crippen MR) is 79.8 cm³/mol. The molecule has 1 aromatic carbocycles. The van der Waals surface area contributed by atoms with Gasteiger partial charge >= 0.3 is 0 Å². The monoisotopic (exact) mass is 301 g/mol. The van der Waals surface area contributed by atoms with Crippen LogP contribution in [-0.2, 0) is 13.0 Å². The number of nitro benzene ring substituents is 1. The van der Waals surface area contributed by atoms with E-state index < -0.39 is 4.92 Å². The van der Waals surface area contributed by atoms with Gasteiger partial charge in [-0.2, -0.15) is 5.10 Å². The zero-order valence-corrected chi connectivity index (χ0v) is 12.0. The Kier molecular flexibility index (Phi) is 3.60. The van der Waals surface area contributed by atoms with Crippen molar-refractivity contribution in [1.29, 1.82) is 0 Å². The number of rotatable bonds is 3. The van der Waals surface area contributed by atoms with Gasteiger partial charge in [0.25, 0.3) is 11.6 Å². The van der Waals surface area contributed by atoms with Gasteiger partial charge in [0, 0.05) is 42.9 Å². The number of H-pyrrole nitrogens is 1. The van der Waals surface area contributed by atoms with E-state index in [-0.39, 0.29) is 11.6 Å². The number of fused-ring (bicyclic) bond motifs is 1. The summed E-state index contributed by atoms with van der Waals surface area (Å²) < 4.78 is 0. The Hall–Kier alpha value is -2.74. The topological polar surface area (TPSA) is 113 Å². The van der Waals surface area contributed by atoms with Crippen LogP contribution in [0.25, 0.3) is 0 Å². The number of anilines is 1. The summed E-state index contributed by atoms with van der Waals surface area (Å²) in [4.78, 5) is 22.7. The molecule has 0 saturated heterocycles. The molecule has 0 fully saturated rings. The molecular formula is C14H15N5O3. The highest BCUT2D eigenvalue weighted by Gasteiger charge is 2.22. The summed E-state index contributed by atoms with van der Waals surface area (Å²) in [5.41, 5.74) is 3.24. The minimum atomic E-state index is -0.491. The van der Waals surface area contributed by atoms with E-state index >= 15 is 0 Å². The van der Waals surface area contributed by atoms with Crippen molar-refractivity contribution in [3.05, 3.63) is 50.8 Å². The average Bonchev–Trinajstić information content (AvgIpc) is 2.93. The van der Waals surface area contributed by atoms with Crippen LogP contribution in [0.4, 0.5) is 11.4 Å². The van der Waals surface area contributed by atoms with E-state index in [4.69, 9.17) is 0 Å². The molecule has 2 heterocycles. The number of carbonyl (C=O) groups is 1. The first-order valence-electron chi connectivity index (χ1n) is 6.89. The van der Waals surface area contributed by atoms with Crippen LogP contribution in [0, 0.1) is 17.0 Å². The summed E-state index contributed by atoms with van der Waals surface area (Å²) in [7, 11) is 0. The number of aryl methyl sites for hydroxylation is 1. The van der Waals surface area contributed by atoms with Gasteiger partial charge in [-0.25, -0.2) is 0 Å². The number of nitro groups is 1. The lowest BCUT2D eigenvalue weighted by molar-refractivity contribution is -0.384. The normalized spacial score (nSPS) is 13.5.